The molecule has 152 valence electrons. The van der Waals surface area contributed by atoms with Crippen molar-refractivity contribution < 1.29 is 24.4 Å². The zero-order valence-electron chi connectivity index (χ0n) is 15.7. The molecule has 0 amide bonds. The highest BCUT2D eigenvalue weighted by atomic mass is 35.5. The van der Waals surface area contributed by atoms with Crippen LogP contribution < -0.4 is 9.88 Å². The van der Waals surface area contributed by atoms with E-state index in [0.29, 0.717) is 28.7 Å². The van der Waals surface area contributed by atoms with Gasteiger partial charge in [0, 0.05) is 22.0 Å². The van der Waals surface area contributed by atoms with Crippen LogP contribution >= 0.6 is 23.2 Å². The maximum Gasteiger partial charge on any atom is 0.321 e. The molecule has 1 unspecified atom stereocenters. The fraction of sp³-hybridized carbons (Fsp3) is 0.421. The van der Waals surface area contributed by atoms with Gasteiger partial charge >= 0.3 is 11.9 Å². The third kappa shape index (κ3) is 6.22. The first-order valence-electron chi connectivity index (χ1n) is 8.88. The predicted molar refractivity (Wildman–Crippen MR) is 106 cm³/mol. The fourth-order valence-corrected chi connectivity index (χ4v) is 3.31. The van der Waals surface area contributed by atoms with Gasteiger partial charge in [0.25, 0.3) is 0 Å². The van der Waals surface area contributed by atoms with Crippen molar-refractivity contribution in [2.24, 2.45) is 5.92 Å². The van der Waals surface area contributed by atoms with Gasteiger partial charge in [-0.15, -0.1) is 0 Å². The van der Waals surface area contributed by atoms with Crippen LogP contribution in [0.5, 0.6) is 0 Å². The summed E-state index contributed by atoms with van der Waals surface area (Å²) in [4.78, 5) is 26.2. The number of carboxylic acid groups (broad SMARTS) is 2. The summed E-state index contributed by atoms with van der Waals surface area (Å²) in [6, 6.07) is 3.18. The number of nitrogens with one attached hydrogen (secondary N) is 2. The van der Waals surface area contributed by atoms with Crippen LogP contribution in [0.1, 0.15) is 31.5 Å². The summed E-state index contributed by atoms with van der Waals surface area (Å²) < 4.78 is 1.83. The molecule has 2 aromatic rings. The number of halogens is 2. The van der Waals surface area contributed by atoms with Crippen molar-refractivity contribution >= 4 is 35.1 Å². The SMILES string of the molecule is CC(C)CC(N[C@@H](Cc1c[nH]c[n+]1Cc1cc(Cl)ccc1Cl)C(=O)O)C(=O)O. The Morgan fingerprint density at radius 1 is 1.18 bits per heavy atom. The second-order valence-electron chi connectivity index (χ2n) is 7.08. The molecule has 0 radical (unpaired) electrons. The van der Waals surface area contributed by atoms with E-state index in [9.17, 15) is 19.8 Å². The van der Waals surface area contributed by atoms with E-state index in [-0.39, 0.29) is 12.3 Å². The lowest BCUT2D eigenvalue weighted by molar-refractivity contribution is -0.694. The quantitative estimate of drug-likeness (QED) is 0.435. The van der Waals surface area contributed by atoms with Crippen molar-refractivity contribution in [3.63, 3.8) is 0 Å². The Morgan fingerprint density at radius 2 is 1.86 bits per heavy atom. The summed E-state index contributed by atoms with van der Waals surface area (Å²) >= 11 is 12.3. The van der Waals surface area contributed by atoms with Gasteiger partial charge in [0.15, 0.2) is 0 Å². The van der Waals surface area contributed by atoms with Crippen LogP contribution in [0.3, 0.4) is 0 Å². The standard InChI is InChI=1S/C19H23Cl2N3O4/c1-11(2)5-16(18(25)26)23-17(19(27)28)7-14-8-22-10-24(14)9-12-6-13(20)3-4-15(12)21/h3-4,6,8,10-11,16-17,23H,5,7,9H2,1-2H3,(H2,25,26,27,28)/p+1/t16?,17-/m0/s1. The first-order valence-corrected chi connectivity index (χ1v) is 9.63. The molecule has 9 heteroatoms. The van der Waals surface area contributed by atoms with Crippen molar-refractivity contribution in [2.45, 2.75) is 45.3 Å². The Labute approximate surface area is 173 Å². The highest BCUT2D eigenvalue weighted by Gasteiger charge is 2.29. The van der Waals surface area contributed by atoms with Crippen LogP contribution in [0.25, 0.3) is 0 Å². The summed E-state index contributed by atoms with van der Waals surface area (Å²) in [5, 5.41) is 22.8. The fourth-order valence-electron chi connectivity index (χ4n) is 2.94. The van der Waals surface area contributed by atoms with Gasteiger partial charge in [0.1, 0.15) is 30.5 Å². The molecule has 28 heavy (non-hydrogen) atoms. The van der Waals surface area contributed by atoms with E-state index in [1.165, 1.54) is 0 Å². The van der Waals surface area contributed by atoms with Gasteiger partial charge in [-0.25, -0.2) is 9.55 Å². The molecule has 0 aliphatic carbocycles. The number of imidazole rings is 1. The highest BCUT2D eigenvalue weighted by Crippen LogP contribution is 2.20. The largest absolute Gasteiger partial charge is 0.480 e. The number of benzene rings is 1. The van der Waals surface area contributed by atoms with Gasteiger partial charge in [-0.2, -0.15) is 0 Å². The number of aromatic amines is 1. The summed E-state index contributed by atoms with van der Waals surface area (Å²) in [5.41, 5.74) is 1.49. The molecule has 7 nitrogen and oxygen atoms in total. The second kappa shape index (κ2) is 9.91. The number of nitrogens with zero attached hydrogens (tertiary/aromatic N) is 1. The molecule has 1 heterocycles. The van der Waals surface area contributed by atoms with Gasteiger partial charge in [-0.1, -0.05) is 37.0 Å². The third-order valence-corrected chi connectivity index (χ3v) is 4.92. The predicted octanol–water partition coefficient (Wildman–Crippen LogP) is 2.74. The average Bonchev–Trinajstić information content (AvgIpc) is 3.03. The van der Waals surface area contributed by atoms with E-state index in [2.05, 4.69) is 10.3 Å². The Balaban J connectivity index is 2.18. The molecule has 0 bridgehead atoms. The van der Waals surface area contributed by atoms with E-state index in [1.54, 1.807) is 30.7 Å². The van der Waals surface area contributed by atoms with Gasteiger partial charge in [-0.05, 0) is 30.5 Å². The summed E-state index contributed by atoms with van der Waals surface area (Å²) in [6.45, 7) is 4.18. The first kappa shape index (κ1) is 22.2. The normalized spacial score (nSPS) is 13.5. The van der Waals surface area contributed by atoms with Crippen LogP contribution in [0, 0.1) is 5.92 Å². The van der Waals surface area contributed by atoms with E-state index in [0.717, 1.165) is 5.56 Å². The summed E-state index contributed by atoms with van der Waals surface area (Å²) in [6.07, 6.45) is 3.84. The number of carboxylic acids is 2. The van der Waals surface area contributed by atoms with Crippen LogP contribution in [0.2, 0.25) is 10.0 Å². The Kier molecular flexibility index (Phi) is 7.86. The van der Waals surface area contributed by atoms with Crippen LogP contribution in [-0.2, 0) is 22.6 Å². The van der Waals surface area contributed by atoms with Gasteiger partial charge in [0.2, 0.25) is 6.33 Å². The third-order valence-electron chi connectivity index (χ3n) is 4.32. The number of hydrogen-bond donors (Lipinski definition) is 4. The minimum atomic E-state index is -1.11. The molecule has 0 saturated heterocycles. The van der Waals surface area contributed by atoms with E-state index >= 15 is 0 Å². The highest BCUT2D eigenvalue weighted by molar-refractivity contribution is 6.33. The van der Waals surface area contributed by atoms with Crippen LogP contribution in [0.15, 0.2) is 30.7 Å². The monoisotopic (exact) mass is 428 g/mol. The Hall–Kier alpha value is -2.09. The van der Waals surface area contributed by atoms with Crippen molar-refractivity contribution in [1.82, 2.24) is 10.3 Å². The Morgan fingerprint density at radius 3 is 2.46 bits per heavy atom. The molecule has 0 aliphatic rings. The van der Waals surface area contributed by atoms with Gasteiger partial charge in [-0.3, -0.25) is 14.9 Å². The number of hydrogen-bond acceptors (Lipinski definition) is 3. The number of aromatic nitrogens is 2. The van der Waals surface area contributed by atoms with E-state index < -0.39 is 24.0 Å². The number of aliphatic carboxylic acids is 2. The maximum absolute atomic E-state index is 11.7. The van der Waals surface area contributed by atoms with Gasteiger partial charge < -0.3 is 10.2 Å². The smallest absolute Gasteiger partial charge is 0.321 e. The summed E-state index contributed by atoms with van der Waals surface area (Å²) in [5.74, 6) is -2.05. The molecule has 1 aromatic heterocycles. The minimum Gasteiger partial charge on any atom is -0.480 e. The van der Waals surface area contributed by atoms with Crippen LogP contribution in [-0.4, -0.2) is 39.2 Å². The Bertz CT molecular complexity index is 838. The molecule has 2 rings (SSSR count). The second-order valence-corrected chi connectivity index (χ2v) is 7.92. The number of H-pyrrole nitrogens is 1. The van der Waals surface area contributed by atoms with Crippen molar-refractivity contribution in [2.75, 3.05) is 0 Å². The van der Waals surface area contributed by atoms with E-state index in [4.69, 9.17) is 23.2 Å². The zero-order chi connectivity index (χ0) is 20.8. The molecule has 0 spiro atoms. The van der Waals surface area contributed by atoms with Crippen LogP contribution in [0.4, 0.5) is 0 Å². The number of rotatable bonds is 10. The summed E-state index contributed by atoms with van der Waals surface area (Å²) in [7, 11) is 0. The zero-order valence-corrected chi connectivity index (χ0v) is 17.2. The van der Waals surface area contributed by atoms with E-state index in [1.807, 2.05) is 18.4 Å². The lowest BCUT2D eigenvalue weighted by Crippen LogP contribution is -2.50. The molecular weight excluding hydrogens is 405 g/mol. The molecule has 0 aliphatic heterocycles. The lowest BCUT2D eigenvalue weighted by Gasteiger charge is -2.21. The minimum absolute atomic E-state index is 0.110. The molecule has 0 fully saturated rings. The molecule has 1 aromatic carbocycles. The molecular formula is C19H24Cl2N3O4+. The van der Waals surface area contributed by atoms with Crippen molar-refractivity contribution in [3.8, 4) is 0 Å². The number of carbonyl (C=O) groups is 2. The topological polar surface area (TPSA) is 106 Å². The van der Waals surface area contributed by atoms with Crippen molar-refractivity contribution in [3.05, 3.63) is 52.0 Å². The van der Waals surface area contributed by atoms with Gasteiger partial charge in [0.05, 0.1) is 0 Å². The average molecular weight is 429 g/mol. The molecule has 4 N–H and O–H groups in total. The maximum atomic E-state index is 11.7. The lowest BCUT2D eigenvalue weighted by atomic mass is 10.0. The van der Waals surface area contributed by atoms with Crippen molar-refractivity contribution in [1.29, 1.82) is 0 Å². The molecule has 2 atom stereocenters. The molecule has 0 saturated carbocycles. The first-order chi connectivity index (χ1) is 13.2.